The third-order valence-electron chi connectivity index (χ3n) is 3.46. The molecule has 0 radical (unpaired) electrons. The lowest BCUT2D eigenvalue weighted by atomic mass is 10.0. The SMILES string of the molecule is CC(C)c1ccc(/C=C(\C#N)C(=O)NCc2cccnc2)cc1. The molecule has 0 saturated carbocycles. The minimum Gasteiger partial charge on any atom is -0.347 e. The van der Waals surface area contributed by atoms with E-state index in [9.17, 15) is 10.1 Å². The Balaban J connectivity index is 2.06. The van der Waals surface area contributed by atoms with Gasteiger partial charge >= 0.3 is 0 Å². The van der Waals surface area contributed by atoms with Crippen LogP contribution in [-0.4, -0.2) is 10.9 Å². The average molecular weight is 305 g/mol. The van der Waals surface area contributed by atoms with Gasteiger partial charge < -0.3 is 5.32 Å². The lowest BCUT2D eigenvalue weighted by Gasteiger charge is -2.06. The molecule has 1 aromatic heterocycles. The summed E-state index contributed by atoms with van der Waals surface area (Å²) in [6, 6.07) is 13.5. The molecule has 1 aromatic carbocycles. The maximum Gasteiger partial charge on any atom is 0.262 e. The van der Waals surface area contributed by atoms with Crippen LogP contribution in [0.3, 0.4) is 0 Å². The fourth-order valence-corrected chi connectivity index (χ4v) is 2.07. The maximum atomic E-state index is 12.1. The molecular formula is C19H19N3O. The monoisotopic (exact) mass is 305 g/mol. The van der Waals surface area contributed by atoms with Crippen LogP contribution in [-0.2, 0) is 11.3 Å². The van der Waals surface area contributed by atoms with Crippen LogP contribution in [0, 0.1) is 11.3 Å². The first-order chi connectivity index (χ1) is 11.1. The molecule has 2 rings (SSSR count). The van der Waals surface area contributed by atoms with E-state index in [2.05, 4.69) is 24.1 Å². The van der Waals surface area contributed by atoms with Crippen molar-refractivity contribution >= 4 is 12.0 Å². The second-order valence-electron chi connectivity index (χ2n) is 5.54. The van der Waals surface area contributed by atoms with Crippen LogP contribution >= 0.6 is 0 Å². The Morgan fingerprint density at radius 3 is 2.61 bits per heavy atom. The van der Waals surface area contributed by atoms with Crippen molar-refractivity contribution in [3.05, 3.63) is 71.1 Å². The first kappa shape index (κ1) is 16.4. The molecule has 4 heteroatoms. The molecule has 0 unspecified atom stereocenters. The molecule has 2 aromatic rings. The van der Waals surface area contributed by atoms with E-state index in [1.54, 1.807) is 24.5 Å². The van der Waals surface area contributed by atoms with Crippen LogP contribution in [0.25, 0.3) is 6.08 Å². The van der Waals surface area contributed by atoms with Gasteiger partial charge in [-0.3, -0.25) is 9.78 Å². The zero-order valence-electron chi connectivity index (χ0n) is 13.3. The van der Waals surface area contributed by atoms with Gasteiger partial charge in [-0.1, -0.05) is 44.2 Å². The van der Waals surface area contributed by atoms with Crippen molar-refractivity contribution in [2.45, 2.75) is 26.3 Å². The summed E-state index contributed by atoms with van der Waals surface area (Å²) in [6.07, 6.45) is 4.95. The van der Waals surface area contributed by atoms with Crippen LogP contribution < -0.4 is 5.32 Å². The van der Waals surface area contributed by atoms with Crippen LogP contribution in [0.2, 0.25) is 0 Å². The van der Waals surface area contributed by atoms with E-state index in [0.717, 1.165) is 11.1 Å². The minimum atomic E-state index is -0.385. The third-order valence-corrected chi connectivity index (χ3v) is 3.46. The standard InChI is InChI=1S/C19H19N3O/c1-14(2)17-7-5-15(6-8-17)10-18(11-20)19(23)22-13-16-4-3-9-21-12-16/h3-10,12,14H,13H2,1-2H3,(H,22,23)/b18-10+. The number of benzene rings is 1. The van der Waals surface area contributed by atoms with Gasteiger partial charge in [-0.2, -0.15) is 5.26 Å². The normalized spacial score (nSPS) is 11.1. The number of rotatable bonds is 5. The van der Waals surface area contributed by atoms with Crippen LogP contribution in [0.4, 0.5) is 0 Å². The number of hydrogen-bond acceptors (Lipinski definition) is 3. The molecule has 0 aliphatic rings. The summed E-state index contributed by atoms with van der Waals surface area (Å²) >= 11 is 0. The second-order valence-corrected chi connectivity index (χ2v) is 5.54. The van der Waals surface area contributed by atoms with Gasteiger partial charge in [0, 0.05) is 18.9 Å². The summed E-state index contributed by atoms with van der Waals surface area (Å²) in [7, 11) is 0. The molecular weight excluding hydrogens is 286 g/mol. The molecule has 0 bridgehead atoms. The largest absolute Gasteiger partial charge is 0.347 e. The van der Waals surface area contributed by atoms with E-state index >= 15 is 0 Å². The van der Waals surface area contributed by atoms with E-state index in [1.165, 1.54) is 5.56 Å². The summed E-state index contributed by atoms with van der Waals surface area (Å²) in [6.45, 7) is 4.59. The second kappa shape index (κ2) is 7.90. The Morgan fingerprint density at radius 2 is 2.04 bits per heavy atom. The Kier molecular flexibility index (Phi) is 5.65. The minimum absolute atomic E-state index is 0.0891. The molecule has 0 atom stereocenters. The van der Waals surface area contributed by atoms with Crippen molar-refractivity contribution in [1.82, 2.24) is 10.3 Å². The van der Waals surface area contributed by atoms with Gasteiger partial charge in [0.05, 0.1) is 0 Å². The number of carbonyl (C=O) groups is 1. The smallest absolute Gasteiger partial charge is 0.262 e. The molecule has 4 nitrogen and oxygen atoms in total. The summed E-state index contributed by atoms with van der Waals surface area (Å²) in [5.41, 5.74) is 3.04. The summed E-state index contributed by atoms with van der Waals surface area (Å²) in [5, 5.41) is 11.9. The number of nitriles is 1. The molecule has 1 N–H and O–H groups in total. The van der Waals surface area contributed by atoms with Gasteiger partial charge in [-0.05, 0) is 34.8 Å². The fraction of sp³-hybridized carbons (Fsp3) is 0.211. The summed E-state index contributed by atoms with van der Waals surface area (Å²) in [5.74, 6) is 0.0653. The van der Waals surface area contributed by atoms with Crippen LogP contribution in [0.1, 0.15) is 36.5 Å². The highest BCUT2D eigenvalue weighted by Crippen LogP contribution is 2.16. The maximum absolute atomic E-state index is 12.1. The van der Waals surface area contributed by atoms with Crippen molar-refractivity contribution < 1.29 is 4.79 Å². The number of carbonyl (C=O) groups excluding carboxylic acids is 1. The molecule has 1 heterocycles. The molecule has 0 fully saturated rings. The van der Waals surface area contributed by atoms with Gasteiger partial charge in [-0.25, -0.2) is 0 Å². The van der Waals surface area contributed by atoms with E-state index in [-0.39, 0.29) is 11.5 Å². The molecule has 0 aliphatic heterocycles. The molecule has 0 saturated heterocycles. The van der Waals surface area contributed by atoms with Gasteiger partial charge in [0.15, 0.2) is 0 Å². The van der Waals surface area contributed by atoms with Gasteiger partial charge in [0.2, 0.25) is 0 Å². The average Bonchev–Trinajstić information content (AvgIpc) is 2.59. The van der Waals surface area contributed by atoms with E-state index in [4.69, 9.17) is 0 Å². The lowest BCUT2D eigenvalue weighted by molar-refractivity contribution is -0.117. The van der Waals surface area contributed by atoms with E-state index in [1.807, 2.05) is 36.4 Å². The third kappa shape index (κ3) is 4.79. The Labute approximate surface area is 136 Å². The Bertz CT molecular complexity index is 725. The van der Waals surface area contributed by atoms with Gasteiger partial charge in [0.25, 0.3) is 5.91 Å². The Hall–Kier alpha value is -2.93. The predicted octanol–water partition coefficient (Wildman–Crippen LogP) is 3.43. The number of pyridine rings is 1. The van der Waals surface area contributed by atoms with E-state index < -0.39 is 0 Å². The molecule has 23 heavy (non-hydrogen) atoms. The predicted molar refractivity (Wildman–Crippen MR) is 90.2 cm³/mol. The van der Waals surface area contributed by atoms with Crippen molar-refractivity contribution in [3.63, 3.8) is 0 Å². The van der Waals surface area contributed by atoms with Gasteiger partial charge in [-0.15, -0.1) is 0 Å². The molecule has 1 amide bonds. The highest BCUT2D eigenvalue weighted by molar-refractivity contribution is 6.01. The highest BCUT2D eigenvalue weighted by atomic mass is 16.1. The van der Waals surface area contributed by atoms with Crippen molar-refractivity contribution in [2.75, 3.05) is 0 Å². The number of aromatic nitrogens is 1. The zero-order valence-corrected chi connectivity index (χ0v) is 13.3. The Morgan fingerprint density at radius 1 is 1.30 bits per heavy atom. The number of nitrogens with one attached hydrogen (secondary N) is 1. The summed E-state index contributed by atoms with van der Waals surface area (Å²) < 4.78 is 0. The first-order valence-electron chi connectivity index (χ1n) is 7.49. The van der Waals surface area contributed by atoms with Crippen molar-refractivity contribution in [2.24, 2.45) is 0 Å². The number of amides is 1. The quantitative estimate of drug-likeness (QED) is 0.680. The molecule has 0 spiro atoms. The first-order valence-corrected chi connectivity index (χ1v) is 7.49. The topological polar surface area (TPSA) is 65.8 Å². The summed E-state index contributed by atoms with van der Waals surface area (Å²) in [4.78, 5) is 16.1. The molecule has 0 aliphatic carbocycles. The lowest BCUT2D eigenvalue weighted by Crippen LogP contribution is -2.23. The zero-order chi connectivity index (χ0) is 16.7. The number of nitrogens with zero attached hydrogens (tertiary/aromatic N) is 2. The van der Waals surface area contributed by atoms with Crippen LogP contribution in [0.15, 0.2) is 54.4 Å². The number of hydrogen-bond donors (Lipinski definition) is 1. The van der Waals surface area contributed by atoms with Crippen molar-refractivity contribution in [1.29, 1.82) is 5.26 Å². The van der Waals surface area contributed by atoms with Gasteiger partial charge in [0.1, 0.15) is 11.6 Å². The van der Waals surface area contributed by atoms with Crippen LogP contribution in [0.5, 0.6) is 0 Å². The highest BCUT2D eigenvalue weighted by Gasteiger charge is 2.09. The molecule has 116 valence electrons. The van der Waals surface area contributed by atoms with Crippen molar-refractivity contribution in [3.8, 4) is 6.07 Å². The van der Waals surface area contributed by atoms with E-state index in [0.29, 0.717) is 12.5 Å². The fourth-order valence-electron chi connectivity index (χ4n) is 2.07.